The summed E-state index contributed by atoms with van der Waals surface area (Å²) in [6, 6.07) is 21.5. The zero-order chi connectivity index (χ0) is 21.7. The normalized spacial score (nSPS) is 19.4. The van der Waals surface area contributed by atoms with E-state index in [9.17, 15) is 0 Å². The van der Waals surface area contributed by atoms with Crippen molar-refractivity contribution < 1.29 is 9.47 Å². The van der Waals surface area contributed by atoms with Crippen LogP contribution in [0.25, 0.3) is 0 Å². The molecule has 1 heterocycles. The van der Waals surface area contributed by atoms with Crippen LogP contribution in [0.5, 0.6) is 0 Å². The number of hydrogen-bond acceptors (Lipinski definition) is 4. The minimum Gasteiger partial charge on any atom is -0.382 e. The Labute approximate surface area is 189 Å². The van der Waals surface area contributed by atoms with Crippen molar-refractivity contribution in [2.45, 2.75) is 45.1 Å². The van der Waals surface area contributed by atoms with Crippen molar-refractivity contribution in [3.63, 3.8) is 0 Å². The maximum atomic E-state index is 6.33. The van der Waals surface area contributed by atoms with Crippen LogP contribution in [0, 0.1) is 5.92 Å². The van der Waals surface area contributed by atoms with Crippen LogP contribution in [-0.2, 0) is 9.47 Å². The van der Waals surface area contributed by atoms with Crippen molar-refractivity contribution in [1.82, 2.24) is 4.90 Å². The average Bonchev–Trinajstić information content (AvgIpc) is 2.82. The summed E-state index contributed by atoms with van der Waals surface area (Å²) in [7, 11) is 1.75. The van der Waals surface area contributed by atoms with Gasteiger partial charge in [0.1, 0.15) is 0 Å². The van der Waals surface area contributed by atoms with E-state index in [1.807, 2.05) is 0 Å². The fourth-order valence-corrected chi connectivity index (χ4v) is 4.54. The lowest BCUT2D eigenvalue weighted by molar-refractivity contribution is -0.0538. The second-order valence-electron chi connectivity index (χ2n) is 8.57. The van der Waals surface area contributed by atoms with Gasteiger partial charge < -0.3 is 19.3 Å². The molecular formula is C27H40N2O2. The lowest BCUT2D eigenvalue weighted by Crippen LogP contribution is -2.46. The summed E-state index contributed by atoms with van der Waals surface area (Å²) in [6.45, 7) is 8.06. The first-order valence-electron chi connectivity index (χ1n) is 12.0. The van der Waals surface area contributed by atoms with Crippen molar-refractivity contribution in [3.05, 3.63) is 60.7 Å². The number of methoxy groups -OCH3 is 1. The number of piperidine rings is 1. The van der Waals surface area contributed by atoms with Crippen LogP contribution in [0.1, 0.15) is 39.0 Å². The summed E-state index contributed by atoms with van der Waals surface area (Å²) < 4.78 is 11.6. The molecule has 0 bridgehead atoms. The predicted molar refractivity (Wildman–Crippen MR) is 130 cm³/mol. The summed E-state index contributed by atoms with van der Waals surface area (Å²) >= 11 is 0. The number of benzene rings is 2. The molecule has 0 saturated carbocycles. The van der Waals surface area contributed by atoms with Crippen LogP contribution in [0.15, 0.2) is 60.7 Å². The van der Waals surface area contributed by atoms with E-state index in [1.165, 1.54) is 50.1 Å². The molecule has 2 atom stereocenters. The van der Waals surface area contributed by atoms with Gasteiger partial charge in [-0.2, -0.15) is 0 Å². The van der Waals surface area contributed by atoms with E-state index >= 15 is 0 Å². The van der Waals surface area contributed by atoms with Gasteiger partial charge in [-0.3, -0.25) is 0 Å². The molecule has 0 spiro atoms. The lowest BCUT2D eigenvalue weighted by atomic mass is 9.90. The molecule has 3 rings (SSSR count). The molecule has 0 aromatic heterocycles. The standard InChI is InChI=1S/C27H40N2O2/c1-3-4-11-18-28-19-16-24(27(23-28)31-22-21-30-2)17-20-29(25-12-7-5-8-13-25)26-14-9-6-10-15-26/h5-10,12-15,24,27H,3-4,11,16-23H2,1-2H3/t24?,27-/m1/s1. The molecule has 170 valence electrons. The third-order valence-electron chi connectivity index (χ3n) is 6.34. The highest BCUT2D eigenvalue weighted by Crippen LogP contribution is 2.29. The van der Waals surface area contributed by atoms with Crippen molar-refractivity contribution in [2.24, 2.45) is 5.92 Å². The first-order chi connectivity index (χ1) is 15.3. The van der Waals surface area contributed by atoms with Crippen molar-refractivity contribution >= 4 is 11.4 Å². The third-order valence-corrected chi connectivity index (χ3v) is 6.34. The second kappa shape index (κ2) is 13.5. The quantitative estimate of drug-likeness (QED) is 0.382. The van der Waals surface area contributed by atoms with Gasteiger partial charge in [0, 0.05) is 31.6 Å². The lowest BCUT2D eigenvalue weighted by Gasteiger charge is -2.39. The molecule has 1 saturated heterocycles. The molecular weight excluding hydrogens is 384 g/mol. The summed E-state index contributed by atoms with van der Waals surface area (Å²) in [5.74, 6) is 0.578. The van der Waals surface area contributed by atoms with Gasteiger partial charge in [-0.15, -0.1) is 0 Å². The minimum atomic E-state index is 0.291. The Kier molecular flexibility index (Phi) is 10.4. The minimum absolute atomic E-state index is 0.291. The van der Waals surface area contributed by atoms with Crippen LogP contribution in [0.3, 0.4) is 0 Å². The maximum absolute atomic E-state index is 6.33. The van der Waals surface area contributed by atoms with Crippen molar-refractivity contribution in [1.29, 1.82) is 0 Å². The third kappa shape index (κ3) is 7.64. The second-order valence-corrected chi connectivity index (χ2v) is 8.57. The molecule has 1 aliphatic heterocycles. The van der Waals surface area contributed by atoms with E-state index in [0.717, 1.165) is 19.5 Å². The SMILES string of the molecule is CCCCCN1CCC(CCN(c2ccccc2)c2ccccc2)[C@H](OCCOC)C1. The Morgan fingerprint density at radius 3 is 2.23 bits per heavy atom. The van der Waals surface area contributed by atoms with Crippen LogP contribution in [0.4, 0.5) is 11.4 Å². The van der Waals surface area contributed by atoms with Crippen LogP contribution >= 0.6 is 0 Å². The molecule has 1 aliphatic rings. The highest BCUT2D eigenvalue weighted by Gasteiger charge is 2.30. The smallest absolute Gasteiger partial charge is 0.0732 e. The van der Waals surface area contributed by atoms with E-state index in [-0.39, 0.29) is 0 Å². The Bertz CT molecular complexity index is 670. The fourth-order valence-electron chi connectivity index (χ4n) is 4.54. The van der Waals surface area contributed by atoms with Gasteiger partial charge >= 0.3 is 0 Å². The van der Waals surface area contributed by atoms with E-state index < -0.39 is 0 Å². The van der Waals surface area contributed by atoms with E-state index in [0.29, 0.717) is 25.2 Å². The largest absolute Gasteiger partial charge is 0.382 e. The van der Waals surface area contributed by atoms with Gasteiger partial charge in [-0.25, -0.2) is 0 Å². The first kappa shape index (κ1) is 23.8. The molecule has 0 N–H and O–H groups in total. The molecule has 0 amide bonds. The number of hydrogen-bond donors (Lipinski definition) is 0. The molecule has 2 aromatic carbocycles. The molecule has 4 heteroatoms. The topological polar surface area (TPSA) is 24.9 Å². The van der Waals surface area contributed by atoms with Crippen LogP contribution in [-0.4, -0.2) is 57.5 Å². The van der Waals surface area contributed by atoms with Gasteiger partial charge in [-0.05, 0) is 62.5 Å². The van der Waals surface area contributed by atoms with Gasteiger partial charge in [-0.1, -0.05) is 56.2 Å². The zero-order valence-corrected chi connectivity index (χ0v) is 19.4. The number of rotatable bonds is 13. The molecule has 2 aromatic rings. The number of unbranched alkanes of at least 4 members (excludes halogenated alkanes) is 2. The molecule has 0 radical (unpaired) electrons. The van der Waals surface area contributed by atoms with Crippen LogP contribution < -0.4 is 4.90 Å². The highest BCUT2D eigenvalue weighted by molar-refractivity contribution is 5.62. The predicted octanol–water partition coefficient (Wildman–Crippen LogP) is 5.76. The van der Waals surface area contributed by atoms with E-state index in [4.69, 9.17) is 9.47 Å². The Balaban J connectivity index is 1.64. The molecule has 4 nitrogen and oxygen atoms in total. The summed E-state index contributed by atoms with van der Waals surface area (Å²) in [5.41, 5.74) is 2.50. The summed E-state index contributed by atoms with van der Waals surface area (Å²) in [5, 5.41) is 0. The Hall–Kier alpha value is -1.88. The first-order valence-corrected chi connectivity index (χ1v) is 12.0. The Morgan fingerprint density at radius 1 is 0.935 bits per heavy atom. The molecule has 0 aliphatic carbocycles. The van der Waals surface area contributed by atoms with Crippen LogP contribution in [0.2, 0.25) is 0 Å². The van der Waals surface area contributed by atoms with Crippen molar-refractivity contribution in [3.8, 4) is 0 Å². The zero-order valence-electron chi connectivity index (χ0n) is 19.4. The van der Waals surface area contributed by atoms with Gasteiger partial charge in [0.15, 0.2) is 0 Å². The van der Waals surface area contributed by atoms with E-state index in [1.54, 1.807) is 7.11 Å². The van der Waals surface area contributed by atoms with Crippen molar-refractivity contribution in [2.75, 3.05) is 51.4 Å². The summed E-state index contributed by atoms with van der Waals surface area (Å²) in [6.07, 6.45) is 6.52. The molecule has 1 unspecified atom stereocenters. The molecule has 31 heavy (non-hydrogen) atoms. The number of anilines is 2. The van der Waals surface area contributed by atoms with Gasteiger partial charge in [0.25, 0.3) is 0 Å². The number of nitrogens with zero attached hydrogens (tertiary/aromatic N) is 2. The average molecular weight is 425 g/mol. The van der Waals surface area contributed by atoms with E-state index in [2.05, 4.69) is 77.4 Å². The molecule has 1 fully saturated rings. The van der Waals surface area contributed by atoms with Gasteiger partial charge in [0.05, 0.1) is 19.3 Å². The highest BCUT2D eigenvalue weighted by atomic mass is 16.5. The monoisotopic (exact) mass is 424 g/mol. The maximum Gasteiger partial charge on any atom is 0.0732 e. The number of likely N-dealkylation sites (tertiary alicyclic amines) is 1. The number of ether oxygens (including phenoxy) is 2. The fraction of sp³-hybridized carbons (Fsp3) is 0.556. The van der Waals surface area contributed by atoms with Gasteiger partial charge in [0.2, 0.25) is 0 Å². The summed E-state index contributed by atoms with van der Waals surface area (Å²) in [4.78, 5) is 5.05. The number of para-hydroxylation sites is 2. The Morgan fingerprint density at radius 2 is 1.61 bits per heavy atom.